The molecule has 1 aliphatic rings. The van der Waals surface area contributed by atoms with E-state index < -0.39 is 9.84 Å². The number of benzene rings is 2. The predicted octanol–water partition coefficient (Wildman–Crippen LogP) is 3.04. The van der Waals surface area contributed by atoms with E-state index in [1.165, 1.54) is 31.5 Å². The molecule has 8 heteroatoms. The fraction of sp³-hybridized carbons (Fsp3) is 0.409. The summed E-state index contributed by atoms with van der Waals surface area (Å²) in [6.45, 7) is 4.35. The maximum absolute atomic E-state index is 12.3. The fourth-order valence-corrected chi connectivity index (χ4v) is 4.60. The lowest BCUT2D eigenvalue weighted by Crippen LogP contribution is -2.39. The molecule has 0 bridgehead atoms. The number of nitrogens with one attached hydrogen (secondary N) is 2. The highest BCUT2D eigenvalue weighted by atomic mass is 127. The summed E-state index contributed by atoms with van der Waals surface area (Å²) < 4.78 is 24.7. The molecule has 0 radical (unpaired) electrons. The van der Waals surface area contributed by atoms with Crippen LogP contribution in [0.25, 0.3) is 0 Å². The van der Waals surface area contributed by atoms with Gasteiger partial charge >= 0.3 is 0 Å². The molecular weight excluding hydrogens is 511 g/mol. The summed E-state index contributed by atoms with van der Waals surface area (Å²) in [7, 11) is -1.61. The van der Waals surface area contributed by atoms with Crippen LogP contribution in [0, 0.1) is 0 Å². The smallest absolute Gasteiger partial charge is 0.191 e. The topological polar surface area (TPSA) is 73.8 Å². The Labute approximate surface area is 197 Å². The van der Waals surface area contributed by atoms with E-state index in [0.717, 1.165) is 12.1 Å². The van der Waals surface area contributed by atoms with Gasteiger partial charge in [0.1, 0.15) is 0 Å². The van der Waals surface area contributed by atoms with Crippen molar-refractivity contribution in [3.05, 3.63) is 65.7 Å². The van der Waals surface area contributed by atoms with E-state index in [0.29, 0.717) is 23.9 Å². The maximum Gasteiger partial charge on any atom is 0.191 e. The second-order valence-electron chi connectivity index (χ2n) is 7.28. The summed E-state index contributed by atoms with van der Waals surface area (Å²) in [5.74, 6) is 0.609. The van der Waals surface area contributed by atoms with Gasteiger partial charge in [-0.1, -0.05) is 42.5 Å². The monoisotopic (exact) mass is 542 g/mol. The lowest BCUT2D eigenvalue weighted by molar-refractivity contribution is 0.331. The highest BCUT2D eigenvalue weighted by molar-refractivity contribution is 14.0. The minimum Gasteiger partial charge on any atom is -0.355 e. The standard InChI is InChI=1S/C22H30N4O2S.HI/c1-23-22(24-13-16-29(27,28)21-7-3-2-4-8-21)25-17-19-9-11-20(12-10-19)18-26-14-5-6-15-26;/h2-4,7-12H,5-6,13-18H2,1H3,(H2,23,24,25);1H. The Kier molecular flexibility index (Phi) is 10.1. The molecular formula is C22H31IN4O2S. The average molecular weight is 542 g/mol. The van der Waals surface area contributed by atoms with Crippen LogP contribution in [-0.2, 0) is 22.9 Å². The molecule has 3 rings (SSSR count). The Morgan fingerprint density at radius 1 is 0.967 bits per heavy atom. The summed E-state index contributed by atoms with van der Waals surface area (Å²) in [5.41, 5.74) is 2.50. The van der Waals surface area contributed by atoms with Crippen molar-refractivity contribution in [3.63, 3.8) is 0 Å². The van der Waals surface area contributed by atoms with Crippen LogP contribution in [-0.4, -0.2) is 51.7 Å². The quantitative estimate of drug-likeness (QED) is 0.305. The lowest BCUT2D eigenvalue weighted by Gasteiger charge is -2.15. The molecule has 0 aliphatic carbocycles. The van der Waals surface area contributed by atoms with E-state index in [-0.39, 0.29) is 29.7 Å². The molecule has 2 N–H and O–H groups in total. The summed E-state index contributed by atoms with van der Waals surface area (Å²) in [6.07, 6.45) is 2.61. The Morgan fingerprint density at radius 2 is 1.60 bits per heavy atom. The third-order valence-corrected chi connectivity index (χ3v) is 6.81. The Bertz CT molecular complexity index is 896. The number of guanidine groups is 1. The van der Waals surface area contributed by atoms with Crippen molar-refractivity contribution in [1.29, 1.82) is 0 Å². The van der Waals surface area contributed by atoms with Crippen molar-refractivity contribution in [3.8, 4) is 0 Å². The van der Waals surface area contributed by atoms with Crippen LogP contribution in [0.3, 0.4) is 0 Å². The zero-order valence-corrected chi connectivity index (χ0v) is 20.5. The van der Waals surface area contributed by atoms with Crippen LogP contribution in [0.2, 0.25) is 0 Å². The Morgan fingerprint density at radius 3 is 2.23 bits per heavy atom. The van der Waals surface area contributed by atoms with Gasteiger partial charge in [-0.2, -0.15) is 0 Å². The van der Waals surface area contributed by atoms with Gasteiger partial charge in [-0.05, 0) is 49.2 Å². The van der Waals surface area contributed by atoms with E-state index in [4.69, 9.17) is 0 Å². The van der Waals surface area contributed by atoms with Crippen LogP contribution < -0.4 is 10.6 Å². The van der Waals surface area contributed by atoms with Gasteiger partial charge in [-0.15, -0.1) is 24.0 Å². The summed E-state index contributed by atoms with van der Waals surface area (Å²) in [5, 5.41) is 6.32. The highest BCUT2D eigenvalue weighted by Crippen LogP contribution is 2.13. The van der Waals surface area contributed by atoms with Crippen molar-refractivity contribution in [2.75, 3.05) is 32.4 Å². The van der Waals surface area contributed by atoms with Crippen molar-refractivity contribution in [1.82, 2.24) is 15.5 Å². The number of nitrogens with zero attached hydrogens (tertiary/aromatic N) is 2. The number of sulfone groups is 1. The van der Waals surface area contributed by atoms with Gasteiger partial charge in [-0.25, -0.2) is 8.42 Å². The van der Waals surface area contributed by atoms with E-state index in [1.54, 1.807) is 31.3 Å². The Hall–Kier alpha value is -1.65. The van der Waals surface area contributed by atoms with Crippen LogP contribution in [0.15, 0.2) is 64.5 Å². The molecule has 0 spiro atoms. The van der Waals surface area contributed by atoms with Crippen molar-refractivity contribution < 1.29 is 8.42 Å². The first kappa shape index (κ1) is 24.6. The summed E-state index contributed by atoms with van der Waals surface area (Å²) >= 11 is 0. The highest BCUT2D eigenvalue weighted by Gasteiger charge is 2.14. The first-order chi connectivity index (χ1) is 14.1. The molecule has 0 saturated carbocycles. The molecule has 2 aromatic carbocycles. The second kappa shape index (κ2) is 12.3. The zero-order valence-electron chi connectivity index (χ0n) is 17.4. The van der Waals surface area contributed by atoms with Gasteiger partial charge in [0.15, 0.2) is 15.8 Å². The number of likely N-dealkylation sites (tertiary alicyclic amines) is 1. The van der Waals surface area contributed by atoms with E-state index >= 15 is 0 Å². The molecule has 0 aromatic heterocycles. The number of hydrogen-bond donors (Lipinski definition) is 2. The van der Waals surface area contributed by atoms with Gasteiger partial charge in [0.2, 0.25) is 0 Å². The van der Waals surface area contributed by atoms with Crippen LogP contribution in [0.1, 0.15) is 24.0 Å². The third kappa shape index (κ3) is 7.55. The molecule has 1 fully saturated rings. The zero-order chi connectivity index (χ0) is 20.5. The molecule has 6 nitrogen and oxygen atoms in total. The normalized spacial score (nSPS) is 14.9. The van der Waals surface area contributed by atoms with Gasteiger partial charge in [-0.3, -0.25) is 9.89 Å². The molecule has 1 aliphatic heterocycles. The number of rotatable bonds is 8. The van der Waals surface area contributed by atoms with Gasteiger partial charge in [0, 0.05) is 26.7 Å². The summed E-state index contributed by atoms with van der Waals surface area (Å²) in [6, 6.07) is 17.1. The van der Waals surface area contributed by atoms with E-state index in [2.05, 4.69) is 44.8 Å². The molecule has 0 atom stereocenters. The maximum atomic E-state index is 12.3. The van der Waals surface area contributed by atoms with Crippen LogP contribution in [0.4, 0.5) is 0 Å². The summed E-state index contributed by atoms with van der Waals surface area (Å²) in [4.78, 5) is 7.01. The minimum atomic E-state index is -3.30. The van der Waals surface area contributed by atoms with Crippen LogP contribution >= 0.6 is 24.0 Å². The van der Waals surface area contributed by atoms with E-state index in [9.17, 15) is 8.42 Å². The average Bonchev–Trinajstić information content (AvgIpc) is 3.25. The molecule has 1 saturated heterocycles. The molecule has 1 heterocycles. The van der Waals surface area contributed by atoms with Crippen molar-refractivity contribution in [2.24, 2.45) is 4.99 Å². The SMILES string of the molecule is CN=C(NCCS(=O)(=O)c1ccccc1)NCc1ccc(CN2CCCC2)cc1.I. The number of hydrogen-bond acceptors (Lipinski definition) is 4. The largest absolute Gasteiger partial charge is 0.355 e. The Balaban J connectivity index is 0.00000320. The van der Waals surface area contributed by atoms with Crippen molar-refractivity contribution >= 4 is 39.8 Å². The molecule has 2 aromatic rings. The van der Waals surface area contributed by atoms with Crippen molar-refractivity contribution in [2.45, 2.75) is 30.8 Å². The number of aliphatic imine (C=N–C) groups is 1. The van der Waals surface area contributed by atoms with Gasteiger partial charge in [0.05, 0.1) is 10.6 Å². The minimum absolute atomic E-state index is 0. The predicted molar refractivity (Wildman–Crippen MR) is 133 cm³/mol. The first-order valence-electron chi connectivity index (χ1n) is 10.1. The molecule has 164 valence electrons. The molecule has 0 amide bonds. The third-order valence-electron chi connectivity index (χ3n) is 5.08. The van der Waals surface area contributed by atoms with Crippen LogP contribution in [0.5, 0.6) is 0 Å². The van der Waals surface area contributed by atoms with E-state index in [1.807, 2.05) is 6.07 Å². The molecule has 0 unspecified atom stereocenters. The number of halogens is 1. The second-order valence-corrected chi connectivity index (χ2v) is 9.39. The lowest BCUT2D eigenvalue weighted by atomic mass is 10.1. The fourth-order valence-electron chi connectivity index (χ4n) is 3.42. The van der Waals surface area contributed by atoms with Gasteiger partial charge < -0.3 is 10.6 Å². The van der Waals surface area contributed by atoms with Gasteiger partial charge in [0.25, 0.3) is 0 Å². The molecule has 30 heavy (non-hydrogen) atoms. The first-order valence-corrected chi connectivity index (χ1v) is 11.7.